The van der Waals surface area contributed by atoms with E-state index in [1.807, 2.05) is 0 Å². The van der Waals surface area contributed by atoms with Gasteiger partial charge in [0.05, 0.1) is 10.4 Å². The number of carbonyl (C=O) groups excluding carboxylic acids is 1. The summed E-state index contributed by atoms with van der Waals surface area (Å²) < 4.78 is 0. The molecule has 0 bridgehead atoms. The molecular weight excluding hydrogens is 292 g/mol. The Bertz CT molecular complexity index is 429. The fourth-order valence-corrected chi connectivity index (χ4v) is 2.34. The van der Waals surface area contributed by atoms with Crippen LogP contribution < -0.4 is 0 Å². The van der Waals surface area contributed by atoms with Crippen LogP contribution >= 0.6 is 27.7 Å². The smallest absolute Gasteiger partial charge is 0.336 e. The maximum atomic E-state index is 11.8. The van der Waals surface area contributed by atoms with E-state index in [4.69, 9.17) is 5.11 Å². The highest BCUT2D eigenvalue weighted by Crippen LogP contribution is 2.27. The minimum atomic E-state index is -1.01. The first-order chi connectivity index (χ1) is 7.49. The molecule has 1 atom stereocenters. The van der Waals surface area contributed by atoms with Crippen molar-refractivity contribution in [3.8, 4) is 0 Å². The molecule has 1 aromatic carbocycles. The minimum Gasteiger partial charge on any atom is -0.478 e. The first-order valence-electron chi connectivity index (χ1n) is 4.57. The van der Waals surface area contributed by atoms with Gasteiger partial charge in [0.15, 0.2) is 5.78 Å². The normalized spacial score (nSPS) is 12.2. The predicted octanol–water partition coefficient (Wildman–Crippen LogP) is 3.07. The van der Waals surface area contributed by atoms with E-state index in [1.54, 1.807) is 25.3 Å². The van der Waals surface area contributed by atoms with Crippen molar-refractivity contribution in [1.29, 1.82) is 0 Å². The molecule has 5 heteroatoms. The van der Waals surface area contributed by atoms with Crippen LogP contribution in [0.5, 0.6) is 0 Å². The van der Waals surface area contributed by atoms with Crippen LogP contribution in [0.25, 0.3) is 0 Å². The van der Waals surface area contributed by atoms with Crippen molar-refractivity contribution in [1.82, 2.24) is 0 Å². The standard InChI is InChI=1S/C11H11BrO3S/c1-6(12)9(13)7-4-3-5-8(11(14)15)10(7)16-2/h3-6H,1-2H3,(H,14,15). The number of rotatable bonds is 4. The second kappa shape index (κ2) is 5.50. The van der Waals surface area contributed by atoms with Crippen LogP contribution in [-0.2, 0) is 0 Å². The van der Waals surface area contributed by atoms with E-state index in [-0.39, 0.29) is 16.2 Å². The molecule has 3 nitrogen and oxygen atoms in total. The quantitative estimate of drug-likeness (QED) is 0.527. The first-order valence-corrected chi connectivity index (χ1v) is 6.71. The zero-order valence-corrected chi connectivity index (χ0v) is 11.3. The molecule has 0 aliphatic rings. The molecule has 0 heterocycles. The Morgan fingerprint density at radius 3 is 2.38 bits per heavy atom. The Morgan fingerprint density at radius 1 is 1.38 bits per heavy atom. The average molecular weight is 303 g/mol. The van der Waals surface area contributed by atoms with E-state index in [2.05, 4.69) is 15.9 Å². The van der Waals surface area contributed by atoms with Crippen molar-refractivity contribution in [3.05, 3.63) is 29.3 Å². The third kappa shape index (κ3) is 2.65. The summed E-state index contributed by atoms with van der Waals surface area (Å²) in [4.78, 5) is 23.0. The molecule has 0 aliphatic heterocycles. The number of carboxylic acids is 1. The molecule has 1 unspecified atom stereocenters. The monoisotopic (exact) mass is 302 g/mol. The third-order valence-corrected chi connectivity index (χ3v) is 3.34. The number of benzene rings is 1. The Balaban J connectivity index is 3.35. The summed E-state index contributed by atoms with van der Waals surface area (Å²) >= 11 is 4.47. The highest BCUT2D eigenvalue weighted by atomic mass is 79.9. The molecule has 1 rings (SSSR count). The Hall–Kier alpha value is -0.810. The molecule has 86 valence electrons. The fourth-order valence-electron chi connectivity index (χ4n) is 1.33. The van der Waals surface area contributed by atoms with Crippen molar-refractivity contribution >= 4 is 39.4 Å². The number of aromatic carboxylic acids is 1. The highest BCUT2D eigenvalue weighted by Gasteiger charge is 2.20. The molecule has 0 saturated heterocycles. The largest absolute Gasteiger partial charge is 0.478 e. The molecule has 0 fully saturated rings. The summed E-state index contributed by atoms with van der Waals surface area (Å²) in [7, 11) is 0. The second-order valence-corrected chi connectivity index (χ2v) is 5.36. The summed E-state index contributed by atoms with van der Waals surface area (Å²) in [5, 5.41) is 9.01. The van der Waals surface area contributed by atoms with Crippen LogP contribution in [0.15, 0.2) is 23.1 Å². The van der Waals surface area contributed by atoms with Crippen LogP contribution in [0.1, 0.15) is 27.6 Å². The number of hydrogen-bond acceptors (Lipinski definition) is 3. The molecule has 1 aromatic rings. The fraction of sp³-hybridized carbons (Fsp3) is 0.273. The van der Waals surface area contributed by atoms with Gasteiger partial charge in [-0.15, -0.1) is 11.8 Å². The van der Waals surface area contributed by atoms with Gasteiger partial charge in [-0.05, 0) is 19.2 Å². The molecule has 1 N–H and O–H groups in total. The van der Waals surface area contributed by atoms with E-state index >= 15 is 0 Å². The number of carboxylic acid groups (broad SMARTS) is 1. The van der Waals surface area contributed by atoms with Gasteiger partial charge in [0, 0.05) is 10.5 Å². The number of carbonyl (C=O) groups is 2. The van der Waals surface area contributed by atoms with Crippen LogP contribution in [-0.4, -0.2) is 27.9 Å². The van der Waals surface area contributed by atoms with Gasteiger partial charge in [-0.25, -0.2) is 4.79 Å². The van der Waals surface area contributed by atoms with E-state index in [0.29, 0.717) is 10.5 Å². The molecule has 0 amide bonds. The number of thioether (sulfide) groups is 1. The third-order valence-electron chi connectivity index (χ3n) is 2.08. The number of halogens is 1. The van der Waals surface area contributed by atoms with E-state index in [1.165, 1.54) is 17.8 Å². The summed E-state index contributed by atoms with van der Waals surface area (Å²) in [5.41, 5.74) is 0.628. The van der Waals surface area contributed by atoms with E-state index < -0.39 is 5.97 Å². The van der Waals surface area contributed by atoms with Gasteiger partial charge in [0.25, 0.3) is 0 Å². The number of alkyl halides is 1. The lowest BCUT2D eigenvalue weighted by Gasteiger charge is -2.10. The van der Waals surface area contributed by atoms with Crippen molar-refractivity contribution < 1.29 is 14.7 Å². The lowest BCUT2D eigenvalue weighted by Crippen LogP contribution is -2.13. The van der Waals surface area contributed by atoms with Gasteiger partial charge in [0.1, 0.15) is 0 Å². The van der Waals surface area contributed by atoms with E-state index in [9.17, 15) is 9.59 Å². The molecule has 0 radical (unpaired) electrons. The van der Waals surface area contributed by atoms with Crippen molar-refractivity contribution in [2.24, 2.45) is 0 Å². The van der Waals surface area contributed by atoms with Gasteiger partial charge >= 0.3 is 5.97 Å². The molecule has 0 aliphatic carbocycles. The Labute approximate surface area is 106 Å². The summed E-state index contributed by atoms with van der Waals surface area (Å²) in [6.45, 7) is 1.72. The number of hydrogen-bond donors (Lipinski definition) is 1. The van der Waals surface area contributed by atoms with Crippen LogP contribution in [0.3, 0.4) is 0 Å². The van der Waals surface area contributed by atoms with Gasteiger partial charge in [-0.2, -0.15) is 0 Å². The maximum Gasteiger partial charge on any atom is 0.336 e. The average Bonchev–Trinajstić information content (AvgIpc) is 2.26. The highest BCUT2D eigenvalue weighted by molar-refractivity contribution is 9.10. The Kier molecular flexibility index (Phi) is 4.56. The van der Waals surface area contributed by atoms with Crippen LogP contribution in [0, 0.1) is 0 Å². The molecular formula is C11H11BrO3S. The number of Topliss-reactive ketones (excluding diaryl/α,β-unsaturated/α-hetero) is 1. The molecule has 0 spiro atoms. The van der Waals surface area contributed by atoms with Crippen molar-refractivity contribution in [3.63, 3.8) is 0 Å². The molecule has 0 saturated carbocycles. The minimum absolute atomic E-state index is 0.104. The van der Waals surface area contributed by atoms with Crippen LogP contribution in [0.4, 0.5) is 0 Å². The van der Waals surface area contributed by atoms with Gasteiger partial charge in [-0.3, -0.25) is 4.79 Å². The first kappa shape index (κ1) is 13.3. The van der Waals surface area contributed by atoms with Crippen molar-refractivity contribution in [2.45, 2.75) is 16.6 Å². The topological polar surface area (TPSA) is 54.4 Å². The Morgan fingerprint density at radius 2 is 1.94 bits per heavy atom. The molecule has 16 heavy (non-hydrogen) atoms. The summed E-state index contributed by atoms with van der Waals surface area (Å²) in [6, 6.07) is 4.74. The maximum absolute atomic E-state index is 11.8. The lowest BCUT2D eigenvalue weighted by molar-refractivity contribution is 0.0693. The molecule has 0 aromatic heterocycles. The second-order valence-electron chi connectivity index (χ2n) is 3.17. The van der Waals surface area contributed by atoms with Crippen molar-refractivity contribution in [2.75, 3.05) is 6.26 Å². The zero-order valence-electron chi connectivity index (χ0n) is 8.86. The van der Waals surface area contributed by atoms with Crippen LogP contribution in [0.2, 0.25) is 0 Å². The summed E-state index contributed by atoms with van der Waals surface area (Å²) in [6.07, 6.45) is 1.76. The van der Waals surface area contributed by atoms with Gasteiger partial charge in [0.2, 0.25) is 0 Å². The zero-order chi connectivity index (χ0) is 12.3. The summed E-state index contributed by atoms with van der Waals surface area (Å²) in [5.74, 6) is -1.12. The van der Waals surface area contributed by atoms with Gasteiger partial charge < -0.3 is 5.11 Å². The van der Waals surface area contributed by atoms with E-state index in [0.717, 1.165) is 0 Å². The predicted molar refractivity (Wildman–Crippen MR) is 67.9 cm³/mol. The number of ketones is 1. The van der Waals surface area contributed by atoms with Gasteiger partial charge in [-0.1, -0.05) is 28.1 Å². The SMILES string of the molecule is CSc1c(C(=O)O)cccc1C(=O)C(C)Br. The lowest BCUT2D eigenvalue weighted by atomic mass is 10.1.